The molecule has 0 spiro atoms. The van der Waals surface area contributed by atoms with E-state index in [-0.39, 0.29) is 24.7 Å². The molecule has 0 aliphatic heterocycles. The normalized spacial score (nSPS) is 9.31. The molecule has 0 amide bonds. The predicted molar refractivity (Wildman–Crippen MR) is 44.6 cm³/mol. The summed E-state index contributed by atoms with van der Waals surface area (Å²) in [5.41, 5.74) is 0.918. The van der Waals surface area contributed by atoms with Crippen molar-refractivity contribution in [3.8, 4) is 5.69 Å². The van der Waals surface area contributed by atoms with E-state index in [0.717, 1.165) is 5.69 Å². The zero-order valence-corrected chi connectivity index (χ0v) is 7.37. The SMILES string of the molecule is Fc1[c-]cc(-n2cccc2)cc1.[Li+]. The summed E-state index contributed by atoms with van der Waals surface area (Å²) < 4.78 is 14.4. The molecule has 0 N–H and O–H groups in total. The molecule has 0 radical (unpaired) electrons. The van der Waals surface area contributed by atoms with Crippen molar-refractivity contribution in [2.24, 2.45) is 0 Å². The van der Waals surface area contributed by atoms with Gasteiger partial charge < -0.3 is 4.57 Å². The summed E-state index contributed by atoms with van der Waals surface area (Å²) in [6.45, 7) is 0. The Morgan fingerprint density at radius 3 is 2.38 bits per heavy atom. The monoisotopic (exact) mass is 167 g/mol. The third kappa shape index (κ3) is 2.24. The molecule has 3 heteroatoms. The van der Waals surface area contributed by atoms with Crippen LogP contribution in [-0.4, -0.2) is 4.57 Å². The van der Waals surface area contributed by atoms with Crippen molar-refractivity contribution in [3.63, 3.8) is 0 Å². The van der Waals surface area contributed by atoms with Gasteiger partial charge in [-0.05, 0) is 24.5 Å². The topological polar surface area (TPSA) is 4.93 Å². The standard InChI is InChI=1S/C10H7FN.Li/c11-9-3-5-10(6-4-9)12-7-1-2-8-12;/h1-3,5-8H;/q-1;+1. The van der Waals surface area contributed by atoms with Gasteiger partial charge in [-0.15, -0.1) is 18.2 Å². The first-order valence-electron chi connectivity index (χ1n) is 3.67. The molecular formula is C10H7FLiN. The van der Waals surface area contributed by atoms with Crippen LogP contribution in [0.1, 0.15) is 0 Å². The van der Waals surface area contributed by atoms with E-state index < -0.39 is 0 Å². The third-order valence-electron chi connectivity index (χ3n) is 1.66. The molecular weight excluding hydrogens is 160 g/mol. The number of rotatable bonds is 1. The Balaban J connectivity index is 0.000000845. The molecule has 2 aromatic rings. The van der Waals surface area contributed by atoms with Crippen LogP contribution in [0.25, 0.3) is 5.69 Å². The summed E-state index contributed by atoms with van der Waals surface area (Å²) in [6, 6.07) is 11.1. The van der Waals surface area contributed by atoms with Gasteiger partial charge in [-0.2, -0.15) is 6.07 Å². The maximum atomic E-state index is 12.5. The molecule has 1 heterocycles. The average molecular weight is 167 g/mol. The molecule has 0 unspecified atom stereocenters. The summed E-state index contributed by atoms with van der Waals surface area (Å²) in [6.07, 6.45) is 3.81. The van der Waals surface area contributed by atoms with Gasteiger partial charge in [0, 0.05) is 5.82 Å². The predicted octanol–water partition coefficient (Wildman–Crippen LogP) is -0.579. The van der Waals surface area contributed by atoms with Crippen molar-refractivity contribution >= 4 is 0 Å². The van der Waals surface area contributed by atoms with E-state index in [1.807, 2.05) is 29.1 Å². The molecule has 0 atom stereocenters. The smallest absolute Gasteiger partial charge is 0.377 e. The van der Waals surface area contributed by atoms with Crippen LogP contribution in [0.5, 0.6) is 0 Å². The molecule has 2 rings (SSSR count). The Labute approximate surface area is 88.4 Å². The molecule has 0 bridgehead atoms. The fourth-order valence-electron chi connectivity index (χ4n) is 1.06. The Morgan fingerprint density at radius 2 is 1.85 bits per heavy atom. The van der Waals surface area contributed by atoms with E-state index >= 15 is 0 Å². The molecule has 1 aromatic carbocycles. The maximum Gasteiger partial charge on any atom is 1.00 e. The number of aromatic nitrogens is 1. The minimum atomic E-state index is -0.328. The van der Waals surface area contributed by atoms with Gasteiger partial charge in [-0.3, -0.25) is 0 Å². The van der Waals surface area contributed by atoms with Gasteiger partial charge in [-0.25, -0.2) is 4.39 Å². The minimum absolute atomic E-state index is 0. The van der Waals surface area contributed by atoms with Crippen LogP contribution in [-0.2, 0) is 0 Å². The van der Waals surface area contributed by atoms with Crippen molar-refractivity contribution in [1.29, 1.82) is 0 Å². The zero-order chi connectivity index (χ0) is 8.39. The number of hydrogen-bond donors (Lipinski definition) is 0. The van der Waals surface area contributed by atoms with E-state index in [2.05, 4.69) is 6.07 Å². The fraction of sp³-hybridized carbons (Fsp3) is 0. The van der Waals surface area contributed by atoms with Gasteiger partial charge in [0.15, 0.2) is 0 Å². The Hall–Kier alpha value is -0.973. The van der Waals surface area contributed by atoms with Gasteiger partial charge >= 0.3 is 18.9 Å². The van der Waals surface area contributed by atoms with Crippen LogP contribution in [0.3, 0.4) is 0 Å². The van der Waals surface area contributed by atoms with E-state index in [1.54, 1.807) is 12.1 Å². The van der Waals surface area contributed by atoms with Gasteiger partial charge in [-0.1, -0.05) is 5.69 Å². The quantitative estimate of drug-likeness (QED) is 0.395. The van der Waals surface area contributed by atoms with Crippen LogP contribution in [0.2, 0.25) is 0 Å². The first-order valence-corrected chi connectivity index (χ1v) is 3.67. The number of nitrogens with zero attached hydrogens (tertiary/aromatic N) is 1. The van der Waals surface area contributed by atoms with Crippen LogP contribution in [0.15, 0.2) is 42.7 Å². The molecule has 1 aromatic heterocycles. The first-order chi connectivity index (χ1) is 5.86. The fourth-order valence-corrected chi connectivity index (χ4v) is 1.06. The summed E-state index contributed by atoms with van der Waals surface area (Å²) in [7, 11) is 0. The molecule has 13 heavy (non-hydrogen) atoms. The molecule has 0 saturated carbocycles. The number of hydrogen-bond acceptors (Lipinski definition) is 0. The third-order valence-corrected chi connectivity index (χ3v) is 1.66. The summed E-state index contributed by atoms with van der Waals surface area (Å²) in [4.78, 5) is 0. The molecule has 0 saturated heterocycles. The van der Waals surface area contributed by atoms with Crippen LogP contribution in [0, 0.1) is 11.9 Å². The maximum absolute atomic E-state index is 12.5. The van der Waals surface area contributed by atoms with Crippen LogP contribution < -0.4 is 18.9 Å². The molecule has 0 aliphatic carbocycles. The Bertz CT molecular complexity index is 353. The second-order valence-corrected chi connectivity index (χ2v) is 2.49. The van der Waals surface area contributed by atoms with Crippen molar-refractivity contribution in [1.82, 2.24) is 4.57 Å². The largest absolute Gasteiger partial charge is 1.00 e. The van der Waals surface area contributed by atoms with E-state index in [9.17, 15) is 4.39 Å². The van der Waals surface area contributed by atoms with Crippen molar-refractivity contribution in [2.75, 3.05) is 0 Å². The van der Waals surface area contributed by atoms with Crippen molar-refractivity contribution in [3.05, 3.63) is 54.6 Å². The Morgan fingerprint density at radius 1 is 1.15 bits per heavy atom. The first kappa shape index (κ1) is 10.1. The van der Waals surface area contributed by atoms with Crippen LogP contribution >= 0.6 is 0 Å². The zero-order valence-electron chi connectivity index (χ0n) is 7.37. The van der Waals surface area contributed by atoms with Gasteiger partial charge in [0.05, 0.1) is 0 Å². The van der Waals surface area contributed by atoms with E-state index in [0.29, 0.717) is 0 Å². The van der Waals surface area contributed by atoms with Gasteiger partial charge in [0.2, 0.25) is 0 Å². The molecule has 1 nitrogen and oxygen atoms in total. The van der Waals surface area contributed by atoms with Gasteiger partial charge in [0.25, 0.3) is 0 Å². The minimum Gasteiger partial charge on any atom is -0.377 e. The second kappa shape index (κ2) is 4.32. The summed E-state index contributed by atoms with van der Waals surface area (Å²) >= 11 is 0. The average Bonchev–Trinajstić information content (AvgIpc) is 2.58. The molecule has 0 aliphatic rings. The van der Waals surface area contributed by atoms with E-state index in [4.69, 9.17) is 0 Å². The van der Waals surface area contributed by atoms with Crippen molar-refractivity contribution in [2.45, 2.75) is 0 Å². The number of halogens is 1. The summed E-state index contributed by atoms with van der Waals surface area (Å²) in [5.74, 6) is -0.328. The summed E-state index contributed by atoms with van der Waals surface area (Å²) in [5, 5.41) is 0. The van der Waals surface area contributed by atoms with Crippen LogP contribution in [0.4, 0.5) is 4.39 Å². The molecule has 60 valence electrons. The molecule has 0 fully saturated rings. The Kier molecular flexibility index (Phi) is 3.36. The second-order valence-electron chi connectivity index (χ2n) is 2.49. The van der Waals surface area contributed by atoms with Crippen molar-refractivity contribution < 1.29 is 23.3 Å². The van der Waals surface area contributed by atoms with Gasteiger partial charge in [0.1, 0.15) is 0 Å². The number of benzene rings is 1. The van der Waals surface area contributed by atoms with E-state index in [1.165, 1.54) is 6.07 Å².